The number of rotatable bonds is 5. The Kier molecular flexibility index (Phi) is 6.01. The van der Waals surface area contributed by atoms with Gasteiger partial charge in [0.05, 0.1) is 5.69 Å². The van der Waals surface area contributed by atoms with E-state index >= 15 is 0 Å². The lowest BCUT2D eigenvalue weighted by molar-refractivity contribution is -0.123. The van der Waals surface area contributed by atoms with E-state index in [2.05, 4.69) is 28.7 Å². The molecule has 1 amide bonds. The van der Waals surface area contributed by atoms with Crippen LogP contribution < -0.4 is 9.80 Å². The average Bonchev–Trinajstić information content (AvgIpc) is 2.53. The highest BCUT2D eigenvalue weighted by Crippen LogP contribution is 2.28. The standard InChI is InChI=1S/C18H20INO3/c1-4-18(21)20(22)16-7-5-6-15(19)14(16)11-23-17-9-8-12(2)10-13(17)3/h5-10,22H,4,11H2,1-3H3. The van der Waals surface area contributed by atoms with Crippen molar-refractivity contribution < 1.29 is 14.7 Å². The van der Waals surface area contributed by atoms with Gasteiger partial charge in [0, 0.05) is 15.6 Å². The van der Waals surface area contributed by atoms with E-state index in [1.54, 1.807) is 13.0 Å². The second kappa shape index (κ2) is 7.79. The van der Waals surface area contributed by atoms with Gasteiger partial charge in [-0.2, -0.15) is 5.06 Å². The number of hydrogen-bond acceptors (Lipinski definition) is 3. The zero-order valence-electron chi connectivity index (χ0n) is 13.5. The van der Waals surface area contributed by atoms with Gasteiger partial charge in [0.25, 0.3) is 0 Å². The minimum Gasteiger partial charge on any atom is -0.489 e. The third kappa shape index (κ3) is 4.23. The summed E-state index contributed by atoms with van der Waals surface area (Å²) in [6.07, 6.45) is 0.235. The van der Waals surface area contributed by atoms with E-state index < -0.39 is 0 Å². The number of halogens is 1. The lowest BCUT2D eigenvalue weighted by atomic mass is 10.1. The molecule has 122 valence electrons. The third-order valence-electron chi connectivity index (χ3n) is 3.56. The van der Waals surface area contributed by atoms with Gasteiger partial charge >= 0.3 is 0 Å². The van der Waals surface area contributed by atoms with E-state index in [0.717, 1.165) is 20.4 Å². The molecule has 0 saturated carbocycles. The van der Waals surface area contributed by atoms with Crippen molar-refractivity contribution >= 4 is 34.2 Å². The molecule has 23 heavy (non-hydrogen) atoms. The van der Waals surface area contributed by atoms with Gasteiger partial charge in [-0.05, 0) is 60.2 Å². The molecule has 0 saturated heterocycles. The summed E-state index contributed by atoms with van der Waals surface area (Å²) in [7, 11) is 0. The van der Waals surface area contributed by atoms with Crippen molar-refractivity contribution in [3.05, 3.63) is 56.7 Å². The predicted octanol–water partition coefficient (Wildman–Crippen LogP) is 4.62. The third-order valence-corrected chi connectivity index (χ3v) is 4.57. The van der Waals surface area contributed by atoms with Crippen LogP contribution in [0.4, 0.5) is 5.69 Å². The minimum absolute atomic E-state index is 0.235. The second-order valence-corrected chi connectivity index (χ2v) is 6.52. The molecule has 0 atom stereocenters. The summed E-state index contributed by atoms with van der Waals surface area (Å²) in [5.41, 5.74) is 3.49. The van der Waals surface area contributed by atoms with Crippen molar-refractivity contribution in [3.8, 4) is 5.75 Å². The summed E-state index contributed by atoms with van der Waals surface area (Å²) in [5, 5.41) is 10.8. The fourth-order valence-electron chi connectivity index (χ4n) is 2.28. The van der Waals surface area contributed by atoms with Crippen molar-refractivity contribution in [2.45, 2.75) is 33.8 Å². The number of aryl methyl sites for hydroxylation is 2. The van der Waals surface area contributed by atoms with E-state index in [-0.39, 0.29) is 18.9 Å². The Morgan fingerprint density at radius 3 is 2.65 bits per heavy atom. The second-order valence-electron chi connectivity index (χ2n) is 5.35. The molecule has 0 aliphatic carbocycles. The van der Waals surface area contributed by atoms with Gasteiger partial charge in [0.2, 0.25) is 5.91 Å². The minimum atomic E-state index is -0.347. The normalized spacial score (nSPS) is 10.5. The van der Waals surface area contributed by atoms with Crippen LogP contribution in [0.3, 0.4) is 0 Å². The molecule has 0 bridgehead atoms. The predicted molar refractivity (Wildman–Crippen MR) is 99.0 cm³/mol. The Labute approximate surface area is 150 Å². The first-order valence-corrected chi connectivity index (χ1v) is 8.51. The molecule has 4 nitrogen and oxygen atoms in total. The Hall–Kier alpha value is -1.60. The van der Waals surface area contributed by atoms with Gasteiger partial charge in [-0.1, -0.05) is 30.7 Å². The summed E-state index contributed by atoms with van der Waals surface area (Å²) < 4.78 is 6.85. The highest BCUT2D eigenvalue weighted by atomic mass is 127. The SMILES string of the molecule is CCC(=O)N(O)c1cccc(I)c1COc1ccc(C)cc1C. The summed E-state index contributed by atoms with van der Waals surface area (Å²) in [6.45, 7) is 6.03. The van der Waals surface area contributed by atoms with Crippen LogP contribution >= 0.6 is 22.6 Å². The van der Waals surface area contributed by atoms with Crippen LogP contribution in [0.25, 0.3) is 0 Å². The number of carbonyl (C=O) groups is 1. The van der Waals surface area contributed by atoms with E-state index in [1.165, 1.54) is 5.56 Å². The fourth-order valence-corrected chi connectivity index (χ4v) is 2.92. The maximum absolute atomic E-state index is 11.8. The molecule has 0 aliphatic heterocycles. The highest BCUT2D eigenvalue weighted by molar-refractivity contribution is 14.1. The number of anilines is 1. The van der Waals surface area contributed by atoms with Crippen molar-refractivity contribution in [2.24, 2.45) is 0 Å². The smallest absolute Gasteiger partial charge is 0.250 e. The van der Waals surface area contributed by atoms with Crippen LogP contribution in [0.2, 0.25) is 0 Å². The Morgan fingerprint density at radius 1 is 1.26 bits per heavy atom. The van der Waals surface area contributed by atoms with Crippen LogP contribution in [0.5, 0.6) is 5.75 Å². The van der Waals surface area contributed by atoms with Gasteiger partial charge in [-0.3, -0.25) is 10.0 Å². The van der Waals surface area contributed by atoms with Gasteiger partial charge < -0.3 is 4.74 Å². The zero-order valence-corrected chi connectivity index (χ0v) is 15.6. The number of hydroxylamine groups is 1. The molecule has 0 heterocycles. The summed E-state index contributed by atoms with van der Waals surface area (Å²) in [6, 6.07) is 11.5. The number of benzene rings is 2. The van der Waals surface area contributed by atoms with Crippen LogP contribution in [0.15, 0.2) is 36.4 Å². The first-order chi connectivity index (χ1) is 10.9. The van der Waals surface area contributed by atoms with E-state index in [4.69, 9.17) is 4.74 Å². The summed E-state index contributed by atoms with van der Waals surface area (Å²) in [5.74, 6) is 0.451. The van der Waals surface area contributed by atoms with Gasteiger partial charge in [-0.15, -0.1) is 0 Å². The Balaban J connectivity index is 2.27. The van der Waals surface area contributed by atoms with Crippen molar-refractivity contribution in [2.75, 3.05) is 5.06 Å². The zero-order chi connectivity index (χ0) is 17.0. The molecule has 1 N–H and O–H groups in total. The molecule has 0 aromatic heterocycles. The molecule has 2 aromatic rings. The topological polar surface area (TPSA) is 49.8 Å². The Bertz CT molecular complexity index is 715. The van der Waals surface area contributed by atoms with E-state index in [9.17, 15) is 10.0 Å². The molecular weight excluding hydrogens is 405 g/mol. The van der Waals surface area contributed by atoms with Crippen LogP contribution in [-0.4, -0.2) is 11.1 Å². The largest absolute Gasteiger partial charge is 0.489 e. The van der Waals surface area contributed by atoms with Crippen molar-refractivity contribution in [3.63, 3.8) is 0 Å². The molecule has 5 heteroatoms. The monoisotopic (exact) mass is 425 g/mol. The molecule has 0 radical (unpaired) electrons. The highest BCUT2D eigenvalue weighted by Gasteiger charge is 2.17. The number of nitrogens with zero attached hydrogens (tertiary/aromatic N) is 1. The molecular formula is C18H20INO3. The van der Waals surface area contributed by atoms with E-state index in [0.29, 0.717) is 10.8 Å². The quantitative estimate of drug-likeness (QED) is 0.432. The maximum Gasteiger partial charge on any atom is 0.250 e. The molecule has 2 rings (SSSR count). The first-order valence-electron chi connectivity index (χ1n) is 7.43. The lowest BCUT2D eigenvalue weighted by Gasteiger charge is -2.20. The van der Waals surface area contributed by atoms with Crippen LogP contribution in [0, 0.1) is 17.4 Å². The maximum atomic E-state index is 11.8. The lowest BCUT2D eigenvalue weighted by Crippen LogP contribution is -2.27. The number of ether oxygens (including phenoxy) is 1. The van der Waals surface area contributed by atoms with Gasteiger partial charge in [-0.25, -0.2) is 0 Å². The van der Waals surface area contributed by atoms with Crippen molar-refractivity contribution in [1.29, 1.82) is 0 Å². The molecule has 0 aliphatic rings. The first kappa shape index (κ1) is 17.7. The number of carbonyl (C=O) groups excluding carboxylic acids is 1. The fraction of sp³-hybridized carbons (Fsp3) is 0.278. The summed E-state index contributed by atoms with van der Waals surface area (Å²) >= 11 is 2.18. The average molecular weight is 425 g/mol. The van der Waals surface area contributed by atoms with Crippen LogP contribution in [-0.2, 0) is 11.4 Å². The van der Waals surface area contributed by atoms with Gasteiger partial charge in [0.1, 0.15) is 12.4 Å². The van der Waals surface area contributed by atoms with Gasteiger partial charge in [0.15, 0.2) is 0 Å². The number of amides is 1. The molecule has 2 aromatic carbocycles. The number of hydrogen-bond donors (Lipinski definition) is 1. The Morgan fingerprint density at radius 2 is 2.00 bits per heavy atom. The van der Waals surface area contributed by atoms with Crippen LogP contribution in [0.1, 0.15) is 30.0 Å². The van der Waals surface area contributed by atoms with E-state index in [1.807, 2.05) is 38.1 Å². The molecule has 0 fully saturated rings. The summed E-state index contributed by atoms with van der Waals surface area (Å²) in [4.78, 5) is 11.8. The molecule has 0 unspecified atom stereocenters. The van der Waals surface area contributed by atoms with Crippen molar-refractivity contribution in [1.82, 2.24) is 0 Å². The molecule has 0 spiro atoms.